The van der Waals surface area contributed by atoms with Crippen LogP contribution in [0.4, 0.5) is 5.82 Å². The maximum atomic E-state index is 12.2. The van der Waals surface area contributed by atoms with E-state index >= 15 is 0 Å². The molecule has 1 aliphatic rings. The third-order valence-corrected chi connectivity index (χ3v) is 4.15. The fourth-order valence-electron chi connectivity index (χ4n) is 3.94. The molecule has 4 heteroatoms. The number of hydrogen-bond donors (Lipinski definition) is 1. The van der Waals surface area contributed by atoms with Crippen molar-refractivity contribution >= 4 is 5.82 Å². The first kappa shape index (κ1) is 15.1. The minimum atomic E-state index is -0.0174. The van der Waals surface area contributed by atoms with Crippen LogP contribution in [0.2, 0.25) is 0 Å². The molecule has 1 N–H and O–H groups in total. The second-order valence-corrected chi connectivity index (χ2v) is 7.62. The molecule has 0 bridgehead atoms. The zero-order valence-electron chi connectivity index (χ0n) is 13.4. The zero-order chi connectivity index (χ0) is 15.0. The van der Waals surface area contributed by atoms with Crippen LogP contribution in [-0.2, 0) is 6.54 Å². The minimum Gasteiger partial charge on any atom is -0.363 e. The van der Waals surface area contributed by atoms with E-state index in [1.807, 2.05) is 6.92 Å². The molecule has 4 nitrogen and oxygen atoms in total. The third-order valence-electron chi connectivity index (χ3n) is 4.15. The van der Waals surface area contributed by atoms with Crippen LogP contribution in [0.1, 0.15) is 53.9 Å². The van der Waals surface area contributed by atoms with Gasteiger partial charge in [-0.05, 0) is 37.0 Å². The van der Waals surface area contributed by atoms with Gasteiger partial charge < -0.3 is 9.88 Å². The summed E-state index contributed by atoms with van der Waals surface area (Å²) in [6.07, 6.45) is 6.82. The summed E-state index contributed by atoms with van der Waals surface area (Å²) in [5, 5.41) is 3.39. The van der Waals surface area contributed by atoms with Crippen molar-refractivity contribution in [3.8, 4) is 0 Å². The minimum absolute atomic E-state index is 0.0174. The van der Waals surface area contributed by atoms with Crippen LogP contribution in [-0.4, -0.2) is 15.6 Å². The summed E-state index contributed by atoms with van der Waals surface area (Å²) in [4.78, 5) is 16.5. The number of nitrogens with one attached hydrogen (secondary N) is 1. The summed E-state index contributed by atoms with van der Waals surface area (Å²) < 4.78 is 1.69. The molecule has 112 valence electrons. The fraction of sp³-hybridized carbons (Fsp3) is 0.750. The predicted molar refractivity (Wildman–Crippen MR) is 83.0 cm³/mol. The fourth-order valence-corrected chi connectivity index (χ4v) is 3.94. The third kappa shape index (κ3) is 3.41. The van der Waals surface area contributed by atoms with E-state index in [2.05, 4.69) is 38.0 Å². The highest BCUT2D eigenvalue weighted by Gasteiger charge is 2.38. The normalized spacial score (nSPS) is 21.6. The number of anilines is 1. The Kier molecular flexibility index (Phi) is 3.94. The van der Waals surface area contributed by atoms with Crippen LogP contribution in [0, 0.1) is 10.8 Å². The first-order valence-corrected chi connectivity index (χ1v) is 7.54. The smallest absolute Gasteiger partial charge is 0.293 e. The van der Waals surface area contributed by atoms with E-state index < -0.39 is 0 Å². The van der Waals surface area contributed by atoms with Crippen molar-refractivity contribution in [3.05, 3.63) is 22.7 Å². The lowest BCUT2D eigenvalue weighted by molar-refractivity contribution is 0.105. The van der Waals surface area contributed by atoms with Crippen molar-refractivity contribution in [1.29, 1.82) is 0 Å². The highest BCUT2D eigenvalue weighted by Crippen LogP contribution is 2.46. The molecule has 20 heavy (non-hydrogen) atoms. The second-order valence-electron chi connectivity index (χ2n) is 7.62. The lowest BCUT2D eigenvalue weighted by Gasteiger charge is -2.45. The van der Waals surface area contributed by atoms with E-state index in [0.717, 1.165) is 12.8 Å². The summed E-state index contributed by atoms with van der Waals surface area (Å²) >= 11 is 0. The van der Waals surface area contributed by atoms with Crippen LogP contribution >= 0.6 is 0 Å². The molecule has 0 radical (unpaired) electrons. The molecular weight excluding hydrogens is 250 g/mol. The first-order valence-electron chi connectivity index (χ1n) is 7.54. The highest BCUT2D eigenvalue weighted by atomic mass is 16.1. The van der Waals surface area contributed by atoms with Gasteiger partial charge in [-0.2, -0.15) is 0 Å². The molecule has 0 unspecified atom stereocenters. The first-order chi connectivity index (χ1) is 9.22. The van der Waals surface area contributed by atoms with Gasteiger partial charge in [0.1, 0.15) is 0 Å². The Balaban J connectivity index is 2.20. The van der Waals surface area contributed by atoms with Crippen molar-refractivity contribution in [2.45, 2.75) is 66.5 Å². The Bertz CT molecular complexity index is 515. The molecule has 0 spiro atoms. The molecular formula is C16H27N3O. The molecule has 1 fully saturated rings. The summed E-state index contributed by atoms with van der Waals surface area (Å²) in [7, 11) is 0. The van der Waals surface area contributed by atoms with E-state index in [0.29, 0.717) is 29.2 Å². The summed E-state index contributed by atoms with van der Waals surface area (Å²) in [6.45, 7) is 11.9. The van der Waals surface area contributed by atoms with Gasteiger partial charge in [-0.25, -0.2) is 4.98 Å². The molecule has 0 aromatic carbocycles. The molecule has 0 aliphatic heterocycles. The lowest BCUT2D eigenvalue weighted by Crippen LogP contribution is -2.41. The SMILES string of the molecule is CCn1ccnc(NC2CC(C)(C)CC(C)(C)C2)c1=O. The van der Waals surface area contributed by atoms with Gasteiger partial charge in [0.25, 0.3) is 5.56 Å². The number of hydrogen-bond acceptors (Lipinski definition) is 3. The predicted octanol–water partition coefficient (Wildman–Crippen LogP) is 3.28. The Morgan fingerprint density at radius 2 is 1.90 bits per heavy atom. The molecule has 1 aliphatic carbocycles. The van der Waals surface area contributed by atoms with Crippen molar-refractivity contribution in [2.75, 3.05) is 5.32 Å². The molecule has 0 amide bonds. The van der Waals surface area contributed by atoms with Gasteiger partial charge in [0.2, 0.25) is 0 Å². The molecule has 1 saturated carbocycles. The van der Waals surface area contributed by atoms with Crippen molar-refractivity contribution < 1.29 is 0 Å². The van der Waals surface area contributed by atoms with Crippen LogP contribution in [0.3, 0.4) is 0 Å². The Hall–Kier alpha value is -1.32. The quantitative estimate of drug-likeness (QED) is 0.922. The van der Waals surface area contributed by atoms with Gasteiger partial charge in [-0.3, -0.25) is 4.79 Å². The molecule has 2 rings (SSSR count). The standard InChI is InChI=1S/C16H27N3O/c1-6-19-8-7-17-13(14(19)20)18-12-9-15(2,3)11-16(4,5)10-12/h7-8,12H,6,9-11H2,1-5H3,(H,17,18). The van der Waals surface area contributed by atoms with E-state index in [1.54, 1.807) is 17.0 Å². The van der Waals surface area contributed by atoms with Crippen molar-refractivity contribution in [1.82, 2.24) is 9.55 Å². The Labute approximate surface area is 121 Å². The topological polar surface area (TPSA) is 46.9 Å². The van der Waals surface area contributed by atoms with Gasteiger partial charge >= 0.3 is 0 Å². The number of nitrogens with zero attached hydrogens (tertiary/aromatic N) is 2. The van der Waals surface area contributed by atoms with E-state index in [1.165, 1.54) is 6.42 Å². The van der Waals surface area contributed by atoms with Crippen LogP contribution in [0.5, 0.6) is 0 Å². The van der Waals surface area contributed by atoms with Gasteiger partial charge in [0.15, 0.2) is 5.82 Å². The average molecular weight is 277 g/mol. The van der Waals surface area contributed by atoms with Gasteiger partial charge in [-0.15, -0.1) is 0 Å². The molecule has 0 saturated heterocycles. The maximum absolute atomic E-state index is 12.2. The number of rotatable bonds is 3. The van der Waals surface area contributed by atoms with Crippen LogP contribution < -0.4 is 10.9 Å². The second kappa shape index (κ2) is 5.23. The average Bonchev–Trinajstić information content (AvgIpc) is 2.27. The summed E-state index contributed by atoms with van der Waals surface area (Å²) in [6, 6.07) is 0.321. The largest absolute Gasteiger partial charge is 0.363 e. The zero-order valence-corrected chi connectivity index (χ0v) is 13.4. The van der Waals surface area contributed by atoms with Gasteiger partial charge in [0.05, 0.1) is 0 Å². The number of aromatic nitrogens is 2. The van der Waals surface area contributed by atoms with Crippen LogP contribution in [0.25, 0.3) is 0 Å². The van der Waals surface area contributed by atoms with Crippen LogP contribution in [0.15, 0.2) is 17.2 Å². The highest BCUT2D eigenvalue weighted by molar-refractivity contribution is 5.32. The molecule has 1 aromatic heterocycles. The summed E-state index contributed by atoms with van der Waals surface area (Å²) in [5.74, 6) is 0.493. The van der Waals surface area contributed by atoms with Crippen molar-refractivity contribution in [2.24, 2.45) is 10.8 Å². The number of aryl methyl sites for hydroxylation is 1. The lowest BCUT2D eigenvalue weighted by atomic mass is 9.63. The van der Waals surface area contributed by atoms with Gasteiger partial charge in [-0.1, -0.05) is 27.7 Å². The van der Waals surface area contributed by atoms with E-state index in [-0.39, 0.29) is 5.56 Å². The van der Waals surface area contributed by atoms with E-state index in [9.17, 15) is 4.79 Å². The summed E-state index contributed by atoms with van der Waals surface area (Å²) in [5.41, 5.74) is 0.590. The Morgan fingerprint density at radius 3 is 2.45 bits per heavy atom. The van der Waals surface area contributed by atoms with E-state index in [4.69, 9.17) is 0 Å². The molecule has 0 atom stereocenters. The van der Waals surface area contributed by atoms with Gasteiger partial charge in [0, 0.05) is 25.0 Å². The molecule has 1 aromatic rings. The monoisotopic (exact) mass is 277 g/mol. The van der Waals surface area contributed by atoms with Crippen molar-refractivity contribution in [3.63, 3.8) is 0 Å². The Morgan fingerprint density at radius 1 is 1.30 bits per heavy atom. The maximum Gasteiger partial charge on any atom is 0.293 e. The molecule has 1 heterocycles.